The van der Waals surface area contributed by atoms with E-state index in [2.05, 4.69) is 0 Å². The molecule has 0 bridgehead atoms. The molecule has 0 spiro atoms. The molecule has 0 aromatic heterocycles. The maximum Gasteiger partial charge on any atom is 1.00 e. The molecule has 0 aliphatic carbocycles. The summed E-state index contributed by atoms with van der Waals surface area (Å²) in [6.07, 6.45) is 0.194. The molecular formula is C17H15KO4. The molecule has 0 saturated carbocycles. The second kappa shape index (κ2) is 7.25. The van der Waals surface area contributed by atoms with Crippen LogP contribution in [0.3, 0.4) is 0 Å². The molecule has 2 aromatic rings. The maximum atomic E-state index is 11.6. The summed E-state index contributed by atoms with van der Waals surface area (Å²) in [5.74, 6) is 0.135. The van der Waals surface area contributed by atoms with Gasteiger partial charge < -0.3 is 19.4 Å². The van der Waals surface area contributed by atoms with E-state index in [1.165, 1.54) is 0 Å². The van der Waals surface area contributed by atoms with Gasteiger partial charge in [-0.15, -0.1) is 0 Å². The summed E-state index contributed by atoms with van der Waals surface area (Å²) >= 11 is 0. The summed E-state index contributed by atoms with van der Waals surface area (Å²) in [6.45, 7) is 1.81. The van der Waals surface area contributed by atoms with E-state index in [1.807, 2.05) is 31.2 Å². The minimum atomic E-state index is -1.20. The second-order valence-electron chi connectivity index (χ2n) is 5.06. The number of carbonyl (C=O) groups excluding carboxylic acids is 1. The van der Waals surface area contributed by atoms with Crippen molar-refractivity contribution >= 4 is 5.97 Å². The summed E-state index contributed by atoms with van der Waals surface area (Å²) in [5.41, 5.74) is 2.40. The van der Waals surface area contributed by atoms with E-state index in [4.69, 9.17) is 9.47 Å². The first-order chi connectivity index (χ1) is 10.1. The van der Waals surface area contributed by atoms with Crippen LogP contribution in [0.25, 0.3) is 0 Å². The number of fused-ring (bicyclic) bond motifs is 2. The number of rotatable bonds is 3. The third-order valence-electron chi connectivity index (χ3n) is 3.86. The van der Waals surface area contributed by atoms with Crippen molar-refractivity contribution in [2.75, 3.05) is 7.11 Å². The Balaban J connectivity index is 0.00000176. The zero-order chi connectivity index (χ0) is 15.0. The minimum absolute atomic E-state index is 0. The zero-order valence-electron chi connectivity index (χ0n) is 12.9. The predicted molar refractivity (Wildman–Crippen MR) is 75.5 cm³/mol. The van der Waals surface area contributed by atoms with E-state index < -0.39 is 5.97 Å². The molecule has 22 heavy (non-hydrogen) atoms. The molecule has 1 atom stereocenters. The molecule has 2 aromatic carbocycles. The van der Waals surface area contributed by atoms with Gasteiger partial charge in [0, 0.05) is 24.7 Å². The Hall–Kier alpha value is -0.694. The average molecular weight is 322 g/mol. The Morgan fingerprint density at radius 3 is 2.64 bits per heavy atom. The van der Waals surface area contributed by atoms with Gasteiger partial charge in [0.25, 0.3) is 0 Å². The summed E-state index contributed by atoms with van der Waals surface area (Å²) in [7, 11) is 1.55. The largest absolute Gasteiger partial charge is 1.00 e. The van der Waals surface area contributed by atoms with Crippen LogP contribution in [0.2, 0.25) is 0 Å². The molecule has 1 aliphatic rings. The molecule has 0 amide bonds. The molecule has 0 saturated heterocycles. The molecule has 3 rings (SSSR count). The molecule has 0 radical (unpaired) electrons. The number of ether oxygens (including phenoxy) is 2. The maximum absolute atomic E-state index is 11.6. The van der Waals surface area contributed by atoms with Gasteiger partial charge in [0.05, 0.1) is 12.1 Å². The van der Waals surface area contributed by atoms with Crippen molar-refractivity contribution in [2.45, 2.75) is 19.4 Å². The number of aromatic carboxylic acids is 1. The number of hydrogen-bond donors (Lipinski definition) is 0. The smallest absolute Gasteiger partial charge is 0.545 e. The van der Waals surface area contributed by atoms with Gasteiger partial charge in [-0.2, -0.15) is 0 Å². The van der Waals surface area contributed by atoms with Gasteiger partial charge in [0.15, 0.2) is 0 Å². The van der Waals surface area contributed by atoms with Crippen molar-refractivity contribution in [3.8, 4) is 11.5 Å². The molecule has 5 heteroatoms. The fourth-order valence-corrected chi connectivity index (χ4v) is 2.68. The molecule has 1 unspecified atom stereocenters. The summed E-state index contributed by atoms with van der Waals surface area (Å²) in [6, 6.07) is 11.1. The Morgan fingerprint density at radius 1 is 1.23 bits per heavy atom. The Kier molecular flexibility index (Phi) is 5.82. The van der Waals surface area contributed by atoms with Crippen LogP contribution >= 0.6 is 0 Å². The van der Waals surface area contributed by atoms with Gasteiger partial charge in [0.2, 0.25) is 0 Å². The van der Waals surface area contributed by atoms with Crippen molar-refractivity contribution in [1.82, 2.24) is 0 Å². The molecule has 108 valence electrons. The normalized spacial score (nSPS) is 13.2. The topological polar surface area (TPSA) is 58.6 Å². The van der Waals surface area contributed by atoms with E-state index >= 15 is 0 Å². The molecule has 0 fully saturated rings. The fourth-order valence-electron chi connectivity index (χ4n) is 2.68. The van der Waals surface area contributed by atoms with Crippen LogP contribution < -0.4 is 61.2 Å². The number of hydrogen-bond acceptors (Lipinski definition) is 4. The van der Waals surface area contributed by atoms with Crippen molar-refractivity contribution in [3.05, 3.63) is 58.7 Å². The summed E-state index contributed by atoms with van der Waals surface area (Å²) < 4.78 is 11.1. The van der Waals surface area contributed by atoms with E-state index in [-0.39, 0.29) is 63.1 Å². The SMILES string of the molecule is COC(C)c1ccc2c(c1C(=O)[O-])Cc1ccccc1O2.[K+]. The average Bonchev–Trinajstić information content (AvgIpc) is 2.50. The fraction of sp³-hybridized carbons (Fsp3) is 0.235. The quantitative estimate of drug-likeness (QED) is 0.608. The van der Waals surface area contributed by atoms with Gasteiger partial charge in [-0.3, -0.25) is 0 Å². The second-order valence-corrected chi connectivity index (χ2v) is 5.06. The standard InChI is InChI=1S/C17H16O4.K/c1-10(20-2)12-7-8-15-13(16(12)17(18)19)9-11-5-3-4-6-14(11)21-15;/h3-8,10H,9H2,1-2H3,(H,18,19);/q;+1/p-1. The van der Waals surface area contributed by atoms with Gasteiger partial charge in [-0.25, -0.2) is 0 Å². The van der Waals surface area contributed by atoms with Crippen LogP contribution in [0.15, 0.2) is 36.4 Å². The molecule has 0 N–H and O–H groups in total. The summed E-state index contributed by atoms with van der Waals surface area (Å²) in [4.78, 5) is 11.6. The van der Waals surface area contributed by atoms with Crippen LogP contribution in [0.1, 0.15) is 40.1 Å². The van der Waals surface area contributed by atoms with Crippen LogP contribution in [0.4, 0.5) is 0 Å². The molecule has 1 aliphatic heterocycles. The minimum Gasteiger partial charge on any atom is -0.545 e. The number of benzene rings is 2. The molecule has 4 nitrogen and oxygen atoms in total. The van der Waals surface area contributed by atoms with E-state index in [1.54, 1.807) is 19.2 Å². The van der Waals surface area contributed by atoms with Gasteiger partial charge >= 0.3 is 51.4 Å². The van der Waals surface area contributed by atoms with E-state index in [0.29, 0.717) is 23.3 Å². The third-order valence-corrected chi connectivity index (χ3v) is 3.86. The Bertz CT molecular complexity index is 712. The number of para-hydroxylation sites is 1. The molecular weight excluding hydrogens is 307 g/mol. The summed E-state index contributed by atoms with van der Waals surface area (Å²) in [5, 5.41) is 11.6. The number of carboxylic acid groups (broad SMARTS) is 1. The molecule has 1 heterocycles. The monoisotopic (exact) mass is 322 g/mol. The van der Waals surface area contributed by atoms with Crippen LogP contribution in [0, 0.1) is 0 Å². The zero-order valence-corrected chi connectivity index (χ0v) is 16.0. The van der Waals surface area contributed by atoms with Gasteiger partial charge in [0.1, 0.15) is 11.5 Å². The third kappa shape index (κ3) is 3.15. The number of carbonyl (C=O) groups is 1. The first kappa shape index (κ1) is 17.7. The van der Waals surface area contributed by atoms with Crippen molar-refractivity contribution in [1.29, 1.82) is 0 Å². The first-order valence-electron chi connectivity index (χ1n) is 6.77. The van der Waals surface area contributed by atoms with Gasteiger partial charge in [-0.05, 0) is 30.2 Å². The van der Waals surface area contributed by atoms with Crippen molar-refractivity contribution < 1.29 is 70.8 Å². The van der Waals surface area contributed by atoms with Gasteiger partial charge in [-0.1, -0.05) is 24.3 Å². The van der Waals surface area contributed by atoms with Crippen LogP contribution in [-0.4, -0.2) is 13.1 Å². The van der Waals surface area contributed by atoms with Crippen LogP contribution in [0.5, 0.6) is 11.5 Å². The number of methoxy groups -OCH3 is 1. The Morgan fingerprint density at radius 2 is 1.95 bits per heavy atom. The van der Waals surface area contributed by atoms with Crippen molar-refractivity contribution in [3.63, 3.8) is 0 Å². The Labute approximate surface area is 171 Å². The van der Waals surface area contributed by atoms with E-state index in [0.717, 1.165) is 11.3 Å². The van der Waals surface area contributed by atoms with Crippen LogP contribution in [-0.2, 0) is 11.2 Å². The van der Waals surface area contributed by atoms with Crippen molar-refractivity contribution in [2.24, 2.45) is 0 Å². The number of carboxylic acids is 1. The first-order valence-corrected chi connectivity index (χ1v) is 6.77. The predicted octanol–water partition coefficient (Wildman–Crippen LogP) is -0.542. The van der Waals surface area contributed by atoms with E-state index in [9.17, 15) is 9.90 Å².